The first-order chi connectivity index (χ1) is 11.7. The molecule has 0 saturated carbocycles. The molecule has 0 spiro atoms. The van der Waals surface area contributed by atoms with E-state index in [1.807, 2.05) is 36.4 Å². The molecule has 4 rings (SSSR count). The highest BCUT2D eigenvalue weighted by atomic mass is 16.2. The number of rotatable bonds is 3. The molecule has 0 N–H and O–H groups in total. The van der Waals surface area contributed by atoms with Crippen molar-refractivity contribution in [3.8, 4) is 0 Å². The summed E-state index contributed by atoms with van der Waals surface area (Å²) in [6, 6.07) is 3.88. The van der Waals surface area contributed by atoms with E-state index in [0.717, 1.165) is 42.7 Å². The number of hydrogen-bond acceptors (Lipinski definition) is 4. The molecule has 0 aromatic carbocycles. The normalized spacial score (nSPS) is 18.2. The first kappa shape index (κ1) is 14.9. The molecule has 0 radical (unpaired) electrons. The predicted octanol–water partition coefficient (Wildman–Crippen LogP) is 1.99. The van der Waals surface area contributed by atoms with Gasteiger partial charge >= 0.3 is 0 Å². The molecule has 0 aliphatic carbocycles. The van der Waals surface area contributed by atoms with Crippen LogP contribution in [0.3, 0.4) is 0 Å². The van der Waals surface area contributed by atoms with E-state index in [1.54, 1.807) is 21.6 Å². The summed E-state index contributed by atoms with van der Waals surface area (Å²) in [6.07, 6.45) is 10.4. The molecule has 1 fully saturated rings. The van der Waals surface area contributed by atoms with Crippen LogP contribution in [0.25, 0.3) is 5.65 Å². The maximum Gasteiger partial charge on any atom is 0.244 e. The number of fused-ring (bicyclic) bond motifs is 1. The lowest BCUT2D eigenvalue weighted by atomic mass is 9.99. The third kappa shape index (κ3) is 2.77. The average Bonchev–Trinajstić information content (AvgIpc) is 3.22. The summed E-state index contributed by atoms with van der Waals surface area (Å²) >= 11 is 0. The van der Waals surface area contributed by atoms with Crippen LogP contribution >= 0.6 is 0 Å². The van der Waals surface area contributed by atoms with Gasteiger partial charge in [0.05, 0.1) is 24.1 Å². The van der Waals surface area contributed by atoms with Gasteiger partial charge in [0.15, 0.2) is 5.65 Å². The molecule has 1 atom stereocenters. The molecule has 7 nitrogen and oxygen atoms in total. The molecule has 0 bridgehead atoms. The number of amides is 1. The van der Waals surface area contributed by atoms with Crippen molar-refractivity contribution < 1.29 is 4.79 Å². The Morgan fingerprint density at radius 3 is 3.04 bits per heavy atom. The fourth-order valence-electron chi connectivity index (χ4n) is 3.33. The number of carbonyl (C=O) groups excluding carboxylic acids is 1. The van der Waals surface area contributed by atoms with Crippen LogP contribution < -0.4 is 0 Å². The summed E-state index contributed by atoms with van der Waals surface area (Å²) in [6.45, 7) is 3.03. The zero-order valence-electron chi connectivity index (χ0n) is 13.7. The Balaban J connectivity index is 1.58. The van der Waals surface area contributed by atoms with Crippen LogP contribution in [0.5, 0.6) is 0 Å². The molecular weight excluding hydrogens is 304 g/mol. The Morgan fingerprint density at radius 2 is 2.21 bits per heavy atom. The Bertz CT molecular complexity index is 867. The first-order valence-corrected chi connectivity index (χ1v) is 8.29. The van der Waals surface area contributed by atoms with Gasteiger partial charge in [-0.05, 0) is 37.8 Å². The van der Waals surface area contributed by atoms with Crippen molar-refractivity contribution in [2.75, 3.05) is 6.54 Å². The second-order valence-corrected chi connectivity index (χ2v) is 6.30. The number of hydrogen-bond donors (Lipinski definition) is 0. The summed E-state index contributed by atoms with van der Waals surface area (Å²) in [4.78, 5) is 19.4. The topological polar surface area (TPSA) is 68.3 Å². The minimum absolute atomic E-state index is 0.0304. The van der Waals surface area contributed by atoms with Gasteiger partial charge < -0.3 is 4.90 Å². The van der Waals surface area contributed by atoms with Gasteiger partial charge in [-0.15, -0.1) is 0 Å². The Labute approximate surface area is 139 Å². The first-order valence-electron chi connectivity index (χ1n) is 8.29. The van der Waals surface area contributed by atoms with Crippen molar-refractivity contribution in [1.29, 1.82) is 0 Å². The third-order valence-corrected chi connectivity index (χ3v) is 4.50. The number of aromatic nitrogens is 5. The van der Waals surface area contributed by atoms with Crippen molar-refractivity contribution in [2.45, 2.75) is 38.8 Å². The van der Waals surface area contributed by atoms with E-state index in [-0.39, 0.29) is 18.5 Å². The van der Waals surface area contributed by atoms with Gasteiger partial charge in [0, 0.05) is 25.0 Å². The highest BCUT2D eigenvalue weighted by Gasteiger charge is 2.29. The summed E-state index contributed by atoms with van der Waals surface area (Å²) in [5.41, 5.74) is 2.81. The molecule has 3 aromatic rings. The lowest BCUT2D eigenvalue weighted by molar-refractivity contribution is -0.136. The maximum atomic E-state index is 12.8. The lowest BCUT2D eigenvalue weighted by Crippen LogP contribution is -2.40. The zero-order chi connectivity index (χ0) is 16.5. The van der Waals surface area contributed by atoms with Gasteiger partial charge in [0.25, 0.3) is 0 Å². The highest BCUT2D eigenvalue weighted by molar-refractivity contribution is 5.76. The molecule has 1 aliphatic heterocycles. The lowest BCUT2D eigenvalue weighted by Gasteiger charge is -2.35. The zero-order valence-corrected chi connectivity index (χ0v) is 13.7. The van der Waals surface area contributed by atoms with Crippen LogP contribution in [0.1, 0.15) is 36.6 Å². The quantitative estimate of drug-likeness (QED) is 0.739. The molecule has 1 saturated heterocycles. The van der Waals surface area contributed by atoms with Gasteiger partial charge in [0.1, 0.15) is 6.54 Å². The van der Waals surface area contributed by atoms with E-state index in [4.69, 9.17) is 0 Å². The number of aryl methyl sites for hydroxylation is 1. The van der Waals surface area contributed by atoms with Crippen LogP contribution in [-0.4, -0.2) is 41.7 Å². The molecule has 1 unspecified atom stereocenters. The van der Waals surface area contributed by atoms with Crippen LogP contribution in [-0.2, 0) is 11.3 Å². The van der Waals surface area contributed by atoms with Crippen molar-refractivity contribution >= 4 is 11.6 Å². The summed E-state index contributed by atoms with van der Waals surface area (Å²) in [5.74, 6) is 0.0954. The van der Waals surface area contributed by atoms with E-state index in [2.05, 4.69) is 15.2 Å². The minimum atomic E-state index is 0.0304. The highest BCUT2D eigenvalue weighted by Crippen LogP contribution is 2.30. The van der Waals surface area contributed by atoms with Gasteiger partial charge in [-0.3, -0.25) is 9.48 Å². The van der Waals surface area contributed by atoms with Gasteiger partial charge in [-0.1, -0.05) is 0 Å². The molecule has 3 aromatic heterocycles. The standard InChI is InChI=1S/C17H20N6O/c1-13-10-19-21(11-13)12-17(24)22-8-3-2-4-15(22)14-6-9-23-16(20-14)5-7-18-23/h5-7,9-11,15H,2-4,8,12H2,1H3. The van der Waals surface area contributed by atoms with Crippen molar-refractivity contribution in [2.24, 2.45) is 0 Å². The summed E-state index contributed by atoms with van der Waals surface area (Å²) in [5, 5.41) is 8.40. The molecule has 1 aliphatic rings. The van der Waals surface area contributed by atoms with Gasteiger partial charge in [0.2, 0.25) is 5.91 Å². The molecule has 4 heterocycles. The van der Waals surface area contributed by atoms with E-state index in [0.29, 0.717) is 0 Å². The second-order valence-electron chi connectivity index (χ2n) is 6.30. The van der Waals surface area contributed by atoms with E-state index >= 15 is 0 Å². The smallest absolute Gasteiger partial charge is 0.244 e. The number of likely N-dealkylation sites (tertiary alicyclic amines) is 1. The number of piperidine rings is 1. The van der Waals surface area contributed by atoms with E-state index < -0.39 is 0 Å². The Kier molecular flexibility index (Phi) is 3.76. The van der Waals surface area contributed by atoms with Gasteiger partial charge in [-0.25, -0.2) is 9.50 Å². The maximum absolute atomic E-state index is 12.8. The van der Waals surface area contributed by atoms with Crippen molar-refractivity contribution in [1.82, 2.24) is 29.3 Å². The molecule has 1 amide bonds. The summed E-state index contributed by atoms with van der Waals surface area (Å²) in [7, 11) is 0. The molecule has 7 heteroatoms. The number of carbonyl (C=O) groups is 1. The second kappa shape index (κ2) is 6.07. The summed E-state index contributed by atoms with van der Waals surface area (Å²) < 4.78 is 3.45. The Hall–Kier alpha value is -2.70. The van der Waals surface area contributed by atoms with Gasteiger partial charge in [-0.2, -0.15) is 10.2 Å². The minimum Gasteiger partial charge on any atom is -0.332 e. The van der Waals surface area contributed by atoms with Crippen LogP contribution in [0.15, 0.2) is 36.9 Å². The fourth-order valence-corrected chi connectivity index (χ4v) is 3.33. The van der Waals surface area contributed by atoms with E-state index in [9.17, 15) is 4.79 Å². The molecular formula is C17H20N6O. The monoisotopic (exact) mass is 324 g/mol. The fraction of sp³-hybridized carbons (Fsp3) is 0.412. The molecule has 124 valence electrons. The van der Waals surface area contributed by atoms with Crippen molar-refractivity contribution in [3.05, 3.63) is 48.2 Å². The Morgan fingerprint density at radius 1 is 1.29 bits per heavy atom. The van der Waals surface area contributed by atoms with Crippen molar-refractivity contribution in [3.63, 3.8) is 0 Å². The number of nitrogens with zero attached hydrogens (tertiary/aromatic N) is 6. The van der Waals surface area contributed by atoms with E-state index in [1.165, 1.54) is 0 Å². The molecule has 24 heavy (non-hydrogen) atoms. The SMILES string of the molecule is Cc1cnn(CC(=O)N2CCCCC2c2ccn3nccc3n2)c1. The predicted molar refractivity (Wildman–Crippen MR) is 88.3 cm³/mol. The van der Waals surface area contributed by atoms with Crippen LogP contribution in [0.4, 0.5) is 0 Å². The largest absolute Gasteiger partial charge is 0.332 e. The third-order valence-electron chi connectivity index (χ3n) is 4.50. The van der Waals surface area contributed by atoms with Crippen LogP contribution in [0.2, 0.25) is 0 Å². The average molecular weight is 324 g/mol. The van der Waals surface area contributed by atoms with Crippen LogP contribution in [0, 0.1) is 6.92 Å².